The van der Waals surface area contributed by atoms with Gasteiger partial charge in [-0.05, 0) is 127 Å². The first-order chi connectivity index (χ1) is 38.1. The van der Waals surface area contributed by atoms with E-state index < -0.39 is 30.9 Å². The number of nitrogens with zero attached hydrogens (tertiary/aromatic N) is 9. The van der Waals surface area contributed by atoms with Gasteiger partial charge in [0.15, 0.2) is 0 Å². The number of halogens is 1. The highest BCUT2D eigenvalue weighted by Crippen LogP contribution is 2.52. The topological polar surface area (TPSA) is 190 Å². The zero-order valence-electron chi connectivity index (χ0n) is 45.1. The van der Waals surface area contributed by atoms with Gasteiger partial charge >= 0.3 is 0 Å². The van der Waals surface area contributed by atoms with E-state index in [0.717, 1.165) is 122 Å². The van der Waals surface area contributed by atoms with Gasteiger partial charge in [-0.15, -0.1) is 0 Å². The number of carbonyl (C=O) groups is 4. The number of aromatic nitrogens is 4. The lowest BCUT2D eigenvalue weighted by Gasteiger charge is -2.57. The fourth-order valence-electron chi connectivity index (χ4n) is 13.0. The second-order valence-corrected chi connectivity index (χ2v) is 26.6. The Morgan fingerprint density at radius 3 is 2.13 bits per heavy atom. The van der Waals surface area contributed by atoms with Crippen LogP contribution in [0.15, 0.2) is 102 Å². The summed E-state index contributed by atoms with van der Waals surface area (Å²) in [4.78, 5) is 71.9. The third-order valence-electron chi connectivity index (χ3n) is 17.4. The minimum Gasteiger partial charge on any atom is -0.494 e. The monoisotopic (exact) mass is 1150 g/mol. The Balaban J connectivity index is 0.654. The SMILES string of the molecule is COc1cc(N2CCC(N3CCN(C4CC5(CCN(c6ccc7c(c6)C(=O)N(C6CCC(=O)NC6=O)C7=O)CC5)C4)CC3)CC2)c(-c2cnn(C)c2)cc1Nc1ncc(Br)c(Nc2ccc(-c3ccccc3)cc2P(C)(C)=O)n1. The first kappa shape index (κ1) is 52.8. The Kier molecular flexibility index (Phi) is 14.2. The zero-order chi connectivity index (χ0) is 54.7. The number of fused-ring (bicyclic) bond motifs is 1. The molecule has 4 saturated heterocycles. The lowest BCUT2D eigenvalue weighted by molar-refractivity contribution is -0.136. The van der Waals surface area contributed by atoms with Crippen LogP contribution in [0.5, 0.6) is 5.75 Å². The number of aryl methyl sites for hydroxylation is 1. The summed E-state index contributed by atoms with van der Waals surface area (Å²) in [5.41, 5.74) is 8.51. The van der Waals surface area contributed by atoms with Crippen LogP contribution in [0.2, 0.25) is 0 Å². The number of hydrogen-bond donors (Lipinski definition) is 3. The van der Waals surface area contributed by atoms with Gasteiger partial charge in [0, 0.05) is 124 Å². The third-order valence-corrected chi connectivity index (χ3v) is 19.5. The predicted molar refractivity (Wildman–Crippen MR) is 311 cm³/mol. The molecule has 5 aliphatic heterocycles. The van der Waals surface area contributed by atoms with Gasteiger partial charge in [-0.1, -0.05) is 36.4 Å². The summed E-state index contributed by atoms with van der Waals surface area (Å²) in [6.45, 7) is 11.5. The lowest BCUT2D eigenvalue weighted by Crippen LogP contribution is -2.60. The molecule has 2 aromatic heterocycles. The molecule has 410 valence electrons. The highest BCUT2D eigenvalue weighted by atomic mass is 79.9. The number of carbonyl (C=O) groups excluding carboxylic acids is 4. The number of benzene rings is 4. The number of rotatable bonds is 13. The first-order valence-corrected chi connectivity index (χ1v) is 30.9. The Morgan fingerprint density at radius 2 is 1.44 bits per heavy atom. The van der Waals surface area contributed by atoms with Gasteiger partial charge < -0.3 is 29.7 Å². The van der Waals surface area contributed by atoms with Crippen molar-refractivity contribution in [3.05, 3.63) is 113 Å². The molecule has 0 radical (unpaired) electrons. The largest absolute Gasteiger partial charge is 0.494 e. The van der Waals surface area contributed by atoms with E-state index in [4.69, 9.17) is 9.72 Å². The molecule has 12 rings (SSSR count). The summed E-state index contributed by atoms with van der Waals surface area (Å²) in [6.07, 6.45) is 12.6. The van der Waals surface area contributed by atoms with Crippen molar-refractivity contribution in [2.24, 2.45) is 12.5 Å². The van der Waals surface area contributed by atoms with E-state index in [-0.39, 0.29) is 18.7 Å². The minimum atomic E-state index is -2.71. The van der Waals surface area contributed by atoms with Gasteiger partial charge in [-0.3, -0.25) is 43.9 Å². The molecule has 1 spiro atoms. The van der Waals surface area contributed by atoms with Crippen molar-refractivity contribution in [1.29, 1.82) is 0 Å². The van der Waals surface area contributed by atoms with E-state index in [1.54, 1.807) is 32.7 Å². The van der Waals surface area contributed by atoms with E-state index in [1.807, 2.05) is 84.8 Å². The highest BCUT2D eigenvalue weighted by Gasteiger charge is 2.49. The number of piperidine rings is 3. The maximum atomic E-state index is 13.7. The second-order valence-electron chi connectivity index (χ2n) is 22.6. The third kappa shape index (κ3) is 10.5. The Bertz CT molecular complexity index is 3410. The molecule has 1 saturated carbocycles. The number of anilines is 6. The molecule has 6 aromatic rings. The van der Waals surface area contributed by atoms with Crippen LogP contribution >= 0.6 is 23.1 Å². The van der Waals surface area contributed by atoms with Crippen molar-refractivity contribution < 1.29 is 28.5 Å². The number of ether oxygens (including phenoxy) is 1. The second kappa shape index (κ2) is 21.3. The minimum absolute atomic E-state index is 0.0978. The maximum Gasteiger partial charge on any atom is 0.262 e. The molecular weight excluding hydrogens is 1080 g/mol. The number of nitrogens with one attached hydrogen (secondary N) is 3. The molecule has 20 heteroatoms. The fourth-order valence-corrected chi connectivity index (χ4v) is 14.4. The molecule has 1 aliphatic carbocycles. The number of methoxy groups -OCH3 is 1. The van der Waals surface area contributed by atoms with E-state index in [2.05, 4.69) is 73.7 Å². The van der Waals surface area contributed by atoms with Crippen LogP contribution < -0.4 is 35.8 Å². The van der Waals surface area contributed by atoms with Crippen LogP contribution in [-0.4, -0.2) is 149 Å². The molecular formula is C59H66BrN12O6P. The summed E-state index contributed by atoms with van der Waals surface area (Å²) in [5, 5.41) is 14.5. The molecule has 7 heterocycles. The van der Waals surface area contributed by atoms with Crippen LogP contribution in [0.1, 0.15) is 72.1 Å². The van der Waals surface area contributed by atoms with Gasteiger partial charge in [0.2, 0.25) is 17.8 Å². The van der Waals surface area contributed by atoms with Crippen LogP contribution in [0.4, 0.5) is 34.5 Å². The van der Waals surface area contributed by atoms with Crippen LogP contribution in [0, 0.1) is 5.41 Å². The summed E-state index contributed by atoms with van der Waals surface area (Å²) in [6, 6.07) is 25.9. The quantitative estimate of drug-likeness (QED) is 0.0737. The van der Waals surface area contributed by atoms with Gasteiger partial charge in [0.05, 0.1) is 40.3 Å². The maximum absolute atomic E-state index is 13.7. The van der Waals surface area contributed by atoms with Crippen molar-refractivity contribution in [3.63, 3.8) is 0 Å². The molecule has 0 bridgehead atoms. The van der Waals surface area contributed by atoms with Crippen LogP contribution in [0.3, 0.4) is 0 Å². The summed E-state index contributed by atoms with van der Waals surface area (Å²) in [5.74, 6) is -0.361. The standard InChI is InChI=1S/C59H66BrN12O6P/c1-67-36-39(34-62-67)44-30-48(64-58-61-35-46(60)54(66-58)63-47-13-10-38(28-52(47)79(3,4)77)37-8-6-5-7-9-37)51(78-2)31-50(44)71-20-16-40(17-21-71)69-24-26-70(27-25-69)42-32-59(33-42)18-22-68(23-19-59)41-11-12-43-45(29-41)57(76)72(56(43)75)49-14-15-53(73)65-55(49)74/h5-13,28-31,34-36,40,42,49H,14-27,32-33H2,1-4H3,(H,65,73,74)(H2,61,63,64,66). The summed E-state index contributed by atoms with van der Waals surface area (Å²) >= 11 is 3.65. The number of piperazine rings is 1. The number of hydrogen-bond acceptors (Lipinski definition) is 15. The van der Waals surface area contributed by atoms with Crippen molar-refractivity contribution in [2.75, 3.05) is 93.2 Å². The average molecular weight is 1150 g/mol. The molecule has 79 heavy (non-hydrogen) atoms. The Morgan fingerprint density at radius 1 is 0.722 bits per heavy atom. The van der Waals surface area contributed by atoms with Crippen LogP contribution in [-0.2, 0) is 21.2 Å². The number of imide groups is 2. The van der Waals surface area contributed by atoms with Crippen molar-refractivity contribution in [2.45, 2.75) is 69.5 Å². The first-order valence-electron chi connectivity index (χ1n) is 27.5. The fraction of sp³-hybridized carbons (Fsp3) is 0.407. The zero-order valence-corrected chi connectivity index (χ0v) is 47.6. The van der Waals surface area contributed by atoms with Crippen molar-refractivity contribution in [1.82, 2.24) is 39.8 Å². The Labute approximate surface area is 468 Å². The van der Waals surface area contributed by atoms with Gasteiger partial charge in [-0.2, -0.15) is 10.1 Å². The van der Waals surface area contributed by atoms with E-state index in [9.17, 15) is 23.7 Å². The molecule has 1 atom stereocenters. The van der Waals surface area contributed by atoms with E-state index >= 15 is 0 Å². The average Bonchev–Trinajstić information content (AvgIpc) is 4.21. The molecule has 1 unspecified atom stereocenters. The highest BCUT2D eigenvalue weighted by molar-refractivity contribution is 9.10. The van der Waals surface area contributed by atoms with Gasteiger partial charge in [0.25, 0.3) is 11.8 Å². The molecule has 18 nitrogen and oxygen atoms in total. The number of amides is 4. The predicted octanol–water partition coefficient (Wildman–Crippen LogP) is 8.49. The summed E-state index contributed by atoms with van der Waals surface area (Å²) in [7, 11) is 0.908. The van der Waals surface area contributed by atoms with Crippen LogP contribution in [0.25, 0.3) is 22.3 Å². The molecule has 5 fully saturated rings. The lowest BCUT2D eigenvalue weighted by atomic mass is 9.60. The normalized spacial score (nSPS) is 20.4. The van der Waals surface area contributed by atoms with Crippen molar-refractivity contribution >= 4 is 86.5 Å². The van der Waals surface area contributed by atoms with E-state index in [1.165, 1.54) is 12.8 Å². The van der Waals surface area contributed by atoms with E-state index in [0.29, 0.717) is 62.0 Å². The van der Waals surface area contributed by atoms with Crippen molar-refractivity contribution in [3.8, 4) is 28.0 Å². The molecule has 3 N–H and O–H groups in total. The summed E-state index contributed by atoms with van der Waals surface area (Å²) < 4.78 is 22.3. The molecule has 4 aromatic carbocycles. The molecule has 4 amide bonds. The smallest absolute Gasteiger partial charge is 0.262 e. The van der Waals surface area contributed by atoms with Gasteiger partial charge in [0.1, 0.15) is 24.8 Å². The Hall–Kier alpha value is -6.92. The molecule has 6 aliphatic rings. The van der Waals surface area contributed by atoms with Gasteiger partial charge in [-0.25, -0.2) is 4.98 Å².